The largest absolute Gasteiger partial charge is 0.508 e. The van der Waals surface area contributed by atoms with Gasteiger partial charge in [0.15, 0.2) is 0 Å². The molecule has 2 rings (SSSR count). The summed E-state index contributed by atoms with van der Waals surface area (Å²) in [4.78, 5) is 37.1. The molecular weight excluding hydrogens is 529 g/mol. The summed E-state index contributed by atoms with van der Waals surface area (Å²) in [6.45, 7) is 4.75. The average Bonchev–Trinajstić information content (AvgIpc) is 2.88. The van der Waals surface area contributed by atoms with E-state index in [9.17, 15) is 37.1 Å². The Labute approximate surface area is 220 Å². The number of phenolic OH excluding ortho intramolecular Hbond substituents is 1. The van der Waals surface area contributed by atoms with Crippen LogP contribution >= 0.6 is 0 Å². The number of phenols is 1. The molecule has 0 fully saturated rings. The highest BCUT2D eigenvalue weighted by atomic mass is 19.4. The van der Waals surface area contributed by atoms with E-state index in [1.807, 2.05) is 0 Å². The summed E-state index contributed by atoms with van der Waals surface area (Å²) in [6, 6.07) is 5.57. The van der Waals surface area contributed by atoms with E-state index in [1.54, 1.807) is 0 Å². The van der Waals surface area contributed by atoms with Crippen molar-refractivity contribution in [1.82, 2.24) is 15.9 Å². The van der Waals surface area contributed by atoms with Gasteiger partial charge in [0.25, 0.3) is 5.91 Å². The first-order valence-corrected chi connectivity index (χ1v) is 11.5. The van der Waals surface area contributed by atoms with Gasteiger partial charge >= 0.3 is 6.18 Å². The highest BCUT2D eigenvalue weighted by molar-refractivity contribution is 6.03. The Bertz CT molecular complexity index is 1250. The Morgan fingerprint density at radius 2 is 1.77 bits per heavy atom. The Hall–Kier alpha value is -4.26. The maximum atomic E-state index is 15.6. The first-order valence-electron chi connectivity index (χ1n) is 11.5. The topological polar surface area (TPSA) is 119 Å². The van der Waals surface area contributed by atoms with Crippen LogP contribution in [0.5, 0.6) is 5.75 Å². The molecule has 1 unspecified atom stereocenters. The quantitative estimate of drug-likeness (QED) is 0.0630. The van der Waals surface area contributed by atoms with E-state index in [0.29, 0.717) is 17.7 Å². The number of nitrogens with zero attached hydrogens (tertiary/aromatic N) is 1. The molecule has 0 heterocycles. The lowest BCUT2D eigenvalue weighted by Gasteiger charge is -2.24. The maximum absolute atomic E-state index is 15.6. The fourth-order valence-electron chi connectivity index (χ4n) is 3.41. The molecule has 2 aromatic rings. The lowest BCUT2D eigenvalue weighted by molar-refractivity contribution is -0.154. The van der Waals surface area contributed by atoms with Crippen LogP contribution in [0.1, 0.15) is 36.5 Å². The Kier molecular flexibility index (Phi) is 10.7. The number of halogens is 5. The van der Waals surface area contributed by atoms with Crippen LogP contribution in [-0.4, -0.2) is 45.7 Å². The van der Waals surface area contributed by atoms with Crippen molar-refractivity contribution in [1.29, 1.82) is 0 Å². The van der Waals surface area contributed by atoms with Gasteiger partial charge in [-0.25, -0.2) is 9.87 Å². The van der Waals surface area contributed by atoms with Gasteiger partial charge in [0.2, 0.25) is 11.8 Å². The smallest absolute Gasteiger partial charge is 0.419 e. The molecule has 0 radical (unpaired) electrons. The monoisotopic (exact) mass is 555 g/mol. The molecule has 0 spiro atoms. The molecule has 8 nitrogen and oxygen atoms in total. The maximum Gasteiger partial charge on any atom is 0.419 e. The minimum Gasteiger partial charge on any atom is -0.508 e. The summed E-state index contributed by atoms with van der Waals surface area (Å²) in [5.41, 5.74) is -0.576. The fourth-order valence-corrected chi connectivity index (χ4v) is 3.41. The second-order valence-corrected chi connectivity index (χ2v) is 8.51. The molecule has 0 aromatic heterocycles. The van der Waals surface area contributed by atoms with Crippen LogP contribution in [0.2, 0.25) is 0 Å². The van der Waals surface area contributed by atoms with Crippen molar-refractivity contribution in [3.05, 3.63) is 82.7 Å². The summed E-state index contributed by atoms with van der Waals surface area (Å²) in [5.74, 6) is -4.68. The summed E-state index contributed by atoms with van der Waals surface area (Å²) < 4.78 is 68.6. The molecule has 0 aliphatic heterocycles. The molecule has 210 valence electrons. The predicted molar refractivity (Wildman–Crippen MR) is 130 cm³/mol. The van der Waals surface area contributed by atoms with Crippen molar-refractivity contribution in [2.24, 2.45) is 0 Å². The molecule has 13 heteroatoms. The van der Waals surface area contributed by atoms with Crippen molar-refractivity contribution in [2.45, 2.75) is 38.4 Å². The molecule has 3 amide bonds. The second kappa shape index (κ2) is 13.5. The van der Waals surface area contributed by atoms with Gasteiger partial charge in [-0.1, -0.05) is 29.3 Å². The van der Waals surface area contributed by atoms with Gasteiger partial charge in [-0.15, -0.1) is 0 Å². The average molecular weight is 556 g/mol. The lowest BCUT2D eigenvalue weighted by Crippen LogP contribution is -2.47. The number of amides is 3. The lowest BCUT2D eigenvalue weighted by atomic mass is 10.0. The van der Waals surface area contributed by atoms with Gasteiger partial charge < -0.3 is 10.4 Å². The van der Waals surface area contributed by atoms with E-state index in [1.165, 1.54) is 36.7 Å². The first-order chi connectivity index (χ1) is 18.2. The predicted octanol–water partition coefficient (Wildman–Crippen LogP) is 4.24. The molecule has 0 saturated carbocycles. The normalized spacial score (nSPS) is 12.4. The summed E-state index contributed by atoms with van der Waals surface area (Å²) >= 11 is 0. The zero-order valence-electron chi connectivity index (χ0n) is 20.7. The van der Waals surface area contributed by atoms with Gasteiger partial charge in [0.05, 0.1) is 5.56 Å². The van der Waals surface area contributed by atoms with Crippen LogP contribution < -0.4 is 10.8 Å². The number of carbonyl (C=O) groups is 3. The van der Waals surface area contributed by atoms with Crippen molar-refractivity contribution >= 4 is 23.8 Å². The van der Waals surface area contributed by atoms with Gasteiger partial charge in [-0.05, 0) is 60.4 Å². The number of alkyl halides is 3. The zero-order valence-corrected chi connectivity index (χ0v) is 20.7. The highest BCUT2D eigenvalue weighted by Gasteiger charge is 2.35. The van der Waals surface area contributed by atoms with Crippen molar-refractivity contribution in [2.75, 3.05) is 6.54 Å². The number of benzene rings is 2. The molecular formula is C26H26F5N3O5. The minimum absolute atomic E-state index is 0.0423. The molecule has 0 saturated heterocycles. The number of hydroxylamine groups is 1. The van der Waals surface area contributed by atoms with Crippen LogP contribution in [0.25, 0.3) is 6.08 Å². The zero-order chi connectivity index (χ0) is 29.3. The third-order valence-electron chi connectivity index (χ3n) is 5.44. The Morgan fingerprint density at radius 1 is 1.13 bits per heavy atom. The second-order valence-electron chi connectivity index (χ2n) is 8.51. The van der Waals surface area contributed by atoms with E-state index >= 15 is 4.48 Å². The summed E-state index contributed by atoms with van der Waals surface area (Å²) in [6.07, 6.45) is -4.55. The van der Waals surface area contributed by atoms with Crippen LogP contribution in [0.4, 0.5) is 22.0 Å². The van der Waals surface area contributed by atoms with E-state index in [4.69, 9.17) is 5.21 Å². The standard InChI is InChI=1S/C26H26F5N3O5/c1-15(2)19(12-17-7-10-21(27)20(13-17)26(28,29)30)25(38)34(31)22(14-16-5-8-18(35)9-6-16)24(37)32-11-3-4-23(36)33-39/h5-10,12-13,22,35,39H,1,3-4,11,14H2,2H3,(H,32,37)(H,33,36)/b19-12+. The molecule has 0 aliphatic carbocycles. The number of carbonyl (C=O) groups excluding carboxylic acids is 3. The van der Waals surface area contributed by atoms with E-state index in [-0.39, 0.29) is 42.7 Å². The van der Waals surface area contributed by atoms with Crippen molar-refractivity contribution < 1.29 is 46.7 Å². The molecule has 4 N–H and O–H groups in total. The number of hydrogen-bond acceptors (Lipinski definition) is 5. The molecule has 0 aliphatic rings. The van der Waals surface area contributed by atoms with Gasteiger partial charge in [-0.3, -0.25) is 19.6 Å². The molecule has 39 heavy (non-hydrogen) atoms. The highest BCUT2D eigenvalue weighted by Crippen LogP contribution is 2.32. The first kappa shape index (κ1) is 31.0. The van der Waals surface area contributed by atoms with Crippen LogP contribution in [0, 0.1) is 5.82 Å². The van der Waals surface area contributed by atoms with E-state index in [0.717, 1.165) is 12.1 Å². The van der Waals surface area contributed by atoms with Crippen LogP contribution in [0.15, 0.2) is 60.2 Å². The minimum atomic E-state index is -5.02. The van der Waals surface area contributed by atoms with Crippen LogP contribution in [-0.2, 0) is 27.0 Å². The van der Waals surface area contributed by atoms with Crippen molar-refractivity contribution in [3.63, 3.8) is 0 Å². The Balaban J connectivity index is 2.37. The Morgan fingerprint density at radius 3 is 2.33 bits per heavy atom. The van der Waals surface area contributed by atoms with Crippen molar-refractivity contribution in [3.8, 4) is 5.75 Å². The molecule has 2 aromatic carbocycles. The summed E-state index contributed by atoms with van der Waals surface area (Å²) in [7, 11) is 0. The van der Waals surface area contributed by atoms with Gasteiger partial charge in [-0.2, -0.15) is 18.3 Å². The third kappa shape index (κ3) is 8.92. The fraction of sp³-hybridized carbons (Fsp3) is 0.269. The number of rotatable bonds is 11. The van der Waals surface area contributed by atoms with E-state index in [2.05, 4.69) is 11.9 Å². The SMILES string of the molecule is C=C(C)/C(=C\c1ccc(F)c(C(F)(F)F)c1)C(=O)N(F)C(Cc1ccc(O)cc1)C(=O)NCCCC(=O)NO. The summed E-state index contributed by atoms with van der Waals surface area (Å²) in [5, 5.41) is 20.0. The van der Waals surface area contributed by atoms with E-state index < -0.39 is 52.0 Å². The number of hydrogen-bond donors (Lipinski definition) is 4. The third-order valence-corrected chi connectivity index (χ3v) is 5.44. The van der Waals surface area contributed by atoms with Gasteiger partial charge in [0.1, 0.15) is 17.6 Å². The molecule has 1 atom stereocenters. The van der Waals surface area contributed by atoms with Gasteiger partial charge in [0, 0.05) is 25.0 Å². The number of aromatic hydroxyl groups is 1. The molecule has 0 bridgehead atoms. The number of nitrogens with one attached hydrogen (secondary N) is 2. The van der Waals surface area contributed by atoms with Crippen LogP contribution in [0.3, 0.4) is 0 Å².